The van der Waals surface area contributed by atoms with Crippen LogP contribution >= 0.6 is 15.9 Å². The highest BCUT2D eigenvalue weighted by Crippen LogP contribution is 2.34. The summed E-state index contributed by atoms with van der Waals surface area (Å²) in [6.07, 6.45) is 4.43. The van der Waals surface area contributed by atoms with E-state index in [0.29, 0.717) is 18.8 Å². The predicted octanol–water partition coefficient (Wildman–Crippen LogP) is 4.05. The second kappa shape index (κ2) is 8.35. The Kier molecular flexibility index (Phi) is 5.91. The minimum Gasteiger partial charge on any atom is -0.480 e. The molecule has 0 spiro atoms. The van der Waals surface area contributed by atoms with Gasteiger partial charge in [-0.1, -0.05) is 43.3 Å². The lowest BCUT2D eigenvalue weighted by molar-refractivity contribution is -0.137. The lowest BCUT2D eigenvalue weighted by Gasteiger charge is -2.16. The van der Waals surface area contributed by atoms with Gasteiger partial charge in [-0.2, -0.15) is 0 Å². The maximum atomic E-state index is 11.8. The van der Waals surface area contributed by atoms with Crippen LogP contribution in [0.2, 0.25) is 0 Å². The Labute approximate surface area is 166 Å². The van der Waals surface area contributed by atoms with E-state index in [1.54, 1.807) is 0 Å². The lowest BCUT2D eigenvalue weighted by Crippen LogP contribution is -2.32. The first-order chi connectivity index (χ1) is 13.1. The van der Waals surface area contributed by atoms with Gasteiger partial charge in [0.1, 0.15) is 23.8 Å². The molecule has 0 aliphatic carbocycles. The van der Waals surface area contributed by atoms with Gasteiger partial charge in [-0.05, 0) is 27.9 Å². The highest BCUT2D eigenvalue weighted by Gasteiger charge is 2.23. The van der Waals surface area contributed by atoms with Gasteiger partial charge in [-0.15, -0.1) is 6.58 Å². The molecule has 3 aromatic rings. The summed E-state index contributed by atoms with van der Waals surface area (Å²) in [5.74, 6) is -0.421. The van der Waals surface area contributed by atoms with Gasteiger partial charge < -0.3 is 15.0 Å². The number of allylic oxidation sites excluding steroid dienone is 1. The van der Waals surface area contributed by atoms with Crippen molar-refractivity contribution in [3.8, 4) is 0 Å². The third-order valence-electron chi connectivity index (χ3n) is 4.42. The number of nitrogens with one attached hydrogen (secondary N) is 1. The lowest BCUT2D eigenvalue weighted by atomic mass is 10.1. The van der Waals surface area contributed by atoms with Crippen molar-refractivity contribution in [2.45, 2.75) is 32.4 Å². The minimum atomic E-state index is -0.928. The third-order valence-corrected chi connectivity index (χ3v) is 5.27. The molecule has 0 fully saturated rings. The summed E-state index contributed by atoms with van der Waals surface area (Å²) in [5.41, 5.74) is 2.77. The van der Waals surface area contributed by atoms with Crippen molar-refractivity contribution in [3.63, 3.8) is 0 Å². The molecule has 1 atom stereocenters. The number of hydrogen-bond acceptors (Lipinski definition) is 4. The van der Waals surface area contributed by atoms with Gasteiger partial charge in [0, 0.05) is 18.7 Å². The number of benzene rings is 1. The second-order valence-corrected chi connectivity index (χ2v) is 6.95. The highest BCUT2D eigenvalue weighted by molar-refractivity contribution is 9.10. The average Bonchev–Trinajstić information content (AvgIpc) is 2.94. The van der Waals surface area contributed by atoms with Gasteiger partial charge in [-0.25, -0.2) is 14.8 Å². The van der Waals surface area contributed by atoms with Crippen LogP contribution in [-0.4, -0.2) is 31.7 Å². The number of aliphatic carboxylic acids is 1. The summed E-state index contributed by atoms with van der Waals surface area (Å²) in [4.78, 5) is 20.6. The molecule has 0 saturated carbocycles. The van der Waals surface area contributed by atoms with E-state index in [1.807, 2.05) is 36.4 Å². The fourth-order valence-electron chi connectivity index (χ4n) is 3.17. The summed E-state index contributed by atoms with van der Waals surface area (Å²) in [6, 6.07) is 8.74. The van der Waals surface area contributed by atoms with E-state index in [9.17, 15) is 9.90 Å². The van der Waals surface area contributed by atoms with Crippen LogP contribution < -0.4 is 5.32 Å². The topological polar surface area (TPSA) is 80.0 Å². The number of rotatable bonds is 8. The molecule has 0 bridgehead atoms. The number of carbonyl (C=O) groups is 1. The fourth-order valence-corrected chi connectivity index (χ4v) is 4.03. The quantitative estimate of drug-likeness (QED) is 0.528. The van der Waals surface area contributed by atoms with Crippen LogP contribution in [0.5, 0.6) is 0 Å². The molecule has 0 aliphatic heterocycles. The molecule has 0 saturated heterocycles. The van der Waals surface area contributed by atoms with Crippen LogP contribution in [0.3, 0.4) is 0 Å². The van der Waals surface area contributed by atoms with Crippen LogP contribution in [0.15, 0.2) is 53.8 Å². The van der Waals surface area contributed by atoms with Crippen molar-refractivity contribution in [2.24, 2.45) is 0 Å². The van der Waals surface area contributed by atoms with E-state index >= 15 is 0 Å². The smallest absolute Gasteiger partial charge is 0.326 e. The molecule has 2 N–H and O–H groups in total. The predicted molar refractivity (Wildman–Crippen MR) is 110 cm³/mol. The molecule has 0 radical (unpaired) electrons. The Morgan fingerprint density at radius 2 is 2.11 bits per heavy atom. The molecule has 0 amide bonds. The van der Waals surface area contributed by atoms with Crippen LogP contribution in [0.25, 0.3) is 11.0 Å². The van der Waals surface area contributed by atoms with Gasteiger partial charge >= 0.3 is 5.97 Å². The Morgan fingerprint density at radius 1 is 1.37 bits per heavy atom. The number of hydrogen-bond donors (Lipinski definition) is 2. The van der Waals surface area contributed by atoms with E-state index in [0.717, 1.165) is 33.2 Å². The van der Waals surface area contributed by atoms with Crippen LogP contribution in [-0.2, 0) is 24.2 Å². The number of fused-ring (bicyclic) bond motifs is 1. The monoisotopic (exact) mass is 428 g/mol. The summed E-state index contributed by atoms with van der Waals surface area (Å²) in [5, 5.41) is 13.6. The summed E-state index contributed by atoms with van der Waals surface area (Å²) < 4.78 is 2.94. The van der Waals surface area contributed by atoms with Crippen LogP contribution in [0.1, 0.15) is 18.2 Å². The number of carboxylic acid groups (broad SMARTS) is 1. The third kappa shape index (κ3) is 3.88. The Bertz CT molecular complexity index is 969. The Balaban J connectivity index is 2.02. The maximum Gasteiger partial charge on any atom is 0.326 e. The van der Waals surface area contributed by atoms with Gasteiger partial charge in [0.05, 0.1) is 9.86 Å². The van der Waals surface area contributed by atoms with Crippen molar-refractivity contribution in [3.05, 3.63) is 65.0 Å². The first-order valence-electron chi connectivity index (χ1n) is 8.72. The van der Waals surface area contributed by atoms with E-state index in [2.05, 4.69) is 49.3 Å². The molecule has 27 heavy (non-hydrogen) atoms. The maximum absolute atomic E-state index is 11.8. The normalized spacial score (nSPS) is 12.1. The zero-order valence-corrected chi connectivity index (χ0v) is 16.6. The van der Waals surface area contributed by atoms with Crippen LogP contribution in [0.4, 0.5) is 5.82 Å². The summed E-state index contributed by atoms with van der Waals surface area (Å²) >= 11 is 3.65. The SMILES string of the molecule is C=CCn1c(CC)c(Br)c2c(NC(Cc3ccccc3)C(=O)O)ncnc21. The molecule has 3 rings (SSSR count). The number of aromatic nitrogens is 3. The molecule has 2 heterocycles. The summed E-state index contributed by atoms with van der Waals surface area (Å²) in [6.45, 7) is 6.50. The Hall–Kier alpha value is -2.67. The molecule has 6 nitrogen and oxygen atoms in total. The fraction of sp³-hybridized carbons (Fsp3) is 0.250. The largest absolute Gasteiger partial charge is 0.480 e. The Morgan fingerprint density at radius 3 is 2.74 bits per heavy atom. The zero-order valence-electron chi connectivity index (χ0n) is 15.0. The average molecular weight is 429 g/mol. The standard InChI is InChI=1S/C20H21BrN4O2/c1-3-10-25-15(4-2)17(21)16-18(22-12-23-19(16)25)24-14(20(26)27)11-13-8-6-5-7-9-13/h3,5-9,12,14H,1,4,10-11H2,2H3,(H,26,27)(H,22,23,24). The van der Waals surface area contributed by atoms with E-state index in [4.69, 9.17) is 0 Å². The second-order valence-electron chi connectivity index (χ2n) is 6.16. The molecular weight excluding hydrogens is 408 g/mol. The summed E-state index contributed by atoms with van der Waals surface area (Å²) in [7, 11) is 0. The first kappa shape index (κ1) is 19.1. The van der Waals surface area contributed by atoms with Gasteiger partial charge in [-0.3, -0.25) is 0 Å². The number of carboxylic acids is 1. The van der Waals surface area contributed by atoms with Crippen molar-refractivity contribution >= 4 is 38.8 Å². The van der Waals surface area contributed by atoms with E-state index in [-0.39, 0.29) is 0 Å². The minimum absolute atomic E-state index is 0.354. The van der Waals surface area contributed by atoms with E-state index < -0.39 is 12.0 Å². The van der Waals surface area contributed by atoms with Crippen molar-refractivity contribution in [1.29, 1.82) is 0 Å². The van der Waals surface area contributed by atoms with Crippen LogP contribution in [0, 0.1) is 0 Å². The van der Waals surface area contributed by atoms with Gasteiger partial charge in [0.25, 0.3) is 0 Å². The molecule has 2 aromatic heterocycles. The molecule has 1 unspecified atom stereocenters. The van der Waals surface area contributed by atoms with Crippen molar-refractivity contribution in [2.75, 3.05) is 5.32 Å². The zero-order chi connectivity index (χ0) is 19.4. The molecular formula is C20H21BrN4O2. The van der Waals surface area contributed by atoms with Crippen molar-refractivity contribution in [1.82, 2.24) is 14.5 Å². The van der Waals surface area contributed by atoms with Crippen molar-refractivity contribution < 1.29 is 9.90 Å². The van der Waals surface area contributed by atoms with E-state index in [1.165, 1.54) is 6.33 Å². The molecule has 140 valence electrons. The van der Waals surface area contributed by atoms with Gasteiger partial charge in [0.2, 0.25) is 0 Å². The van der Waals surface area contributed by atoms with Gasteiger partial charge in [0.15, 0.2) is 0 Å². The number of anilines is 1. The number of nitrogens with zero attached hydrogens (tertiary/aromatic N) is 3. The molecule has 7 heteroatoms. The molecule has 0 aliphatic rings. The molecule has 1 aromatic carbocycles. The first-order valence-corrected chi connectivity index (χ1v) is 9.51. The highest BCUT2D eigenvalue weighted by atomic mass is 79.9. The number of halogens is 1.